The van der Waals surface area contributed by atoms with Gasteiger partial charge in [-0.25, -0.2) is 15.0 Å². The standard InChI is InChI=1S/C45H25N3O2S/c1-2-9-27(10-3-1)43-46-44(48-45(47-43)33-14-8-13-32-31-12-5-7-16-41(31)51-42(32)33)28-19-17-26(18-20-28)29-21-22-38-34(23-29)36-24-35-30-11-4-6-15-37(30)49-39(35)25-40(36)50-38/h1-25H. The van der Waals surface area contributed by atoms with E-state index in [9.17, 15) is 0 Å². The highest BCUT2D eigenvalue weighted by Gasteiger charge is 2.18. The van der Waals surface area contributed by atoms with E-state index in [2.05, 4.69) is 97.1 Å². The van der Waals surface area contributed by atoms with Crippen molar-refractivity contribution in [1.29, 1.82) is 0 Å². The van der Waals surface area contributed by atoms with Crippen LogP contribution >= 0.6 is 11.3 Å². The lowest BCUT2D eigenvalue weighted by molar-refractivity contribution is 0.656. The molecular weight excluding hydrogens is 647 g/mol. The van der Waals surface area contributed by atoms with Gasteiger partial charge in [0.05, 0.1) is 0 Å². The maximum atomic E-state index is 6.28. The Hall–Kier alpha value is -6.63. The second kappa shape index (κ2) is 10.9. The topological polar surface area (TPSA) is 65.0 Å². The van der Waals surface area contributed by atoms with Gasteiger partial charge in [0, 0.05) is 64.5 Å². The molecule has 5 nitrogen and oxygen atoms in total. The van der Waals surface area contributed by atoms with Gasteiger partial charge < -0.3 is 8.83 Å². The molecule has 0 N–H and O–H groups in total. The van der Waals surface area contributed by atoms with Crippen molar-refractivity contribution >= 4 is 75.4 Å². The summed E-state index contributed by atoms with van der Waals surface area (Å²) >= 11 is 1.78. The largest absolute Gasteiger partial charge is 0.456 e. The van der Waals surface area contributed by atoms with Gasteiger partial charge in [0.15, 0.2) is 17.5 Å². The normalized spacial score (nSPS) is 11.9. The van der Waals surface area contributed by atoms with E-state index in [1.54, 1.807) is 11.3 Å². The molecule has 0 spiro atoms. The van der Waals surface area contributed by atoms with E-state index < -0.39 is 0 Å². The van der Waals surface area contributed by atoms with Gasteiger partial charge in [-0.1, -0.05) is 109 Å². The summed E-state index contributed by atoms with van der Waals surface area (Å²) in [6.07, 6.45) is 0. The summed E-state index contributed by atoms with van der Waals surface area (Å²) in [4.78, 5) is 15.1. The van der Waals surface area contributed by atoms with Crippen molar-refractivity contribution < 1.29 is 8.83 Å². The van der Waals surface area contributed by atoms with E-state index in [1.807, 2.05) is 54.6 Å². The molecule has 238 valence electrons. The minimum Gasteiger partial charge on any atom is -0.456 e. The number of fused-ring (bicyclic) bond motifs is 9. The van der Waals surface area contributed by atoms with Crippen molar-refractivity contribution in [2.24, 2.45) is 0 Å². The van der Waals surface area contributed by atoms with Crippen LogP contribution in [0.15, 0.2) is 160 Å². The fraction of sp³-hybridized carbons (Fsp3) is 0. The van der Waals surface area contributed by atoms with Crippen molar-refractivity contribution in [1.82, 2.24) is 15.0 Å². The summed E-state index contributed by atoms with van der Waals surface area (Å²) in [6, 6.07) is 52.2. The van der Waals surface area contributed by atoms with Crippen LogP contribution in [0.5, 0.6) is 0 Å². The SMILES string of the molecule is c1ccc(-c2nc(-c3ccc(-c4ccc5oc6cc7oc8ccccc8c7cc6c5c4)cc3)nc(-c3cccc4c3sc3ccccc34)n2)cc1. The van der Waals surface area contributed by atoms with Crippen LogP contribution in [-0.4, -0.2) is 15.0 Å². The molecule has 7 aromatic carbocycles. The zero-order valence-corrected chi connectivity index (χ0v) is 27.8. The zero-order valence-electron chi connectivity index (χ0n) is 27.0. The Morgan fingerprint density at radius 3 is 1.76 bits per heavy atom. The molecule has 0 fully saturated rings. The number of benzene rings is 7. The fourth-order valence-corrected chi connectivity index (χ4v) is 8.46. The molecule has 0 radical (unpaired) electrons. The smallest absolute Gasteiger partial charge is 0.165 e. The maximum absolute atomic E-state index is 6.28. The van der Waals surface area contributed by atoms with Crippen LogP contribution in [0.2, 0.25) is 0 Å². The number of rotatable bonds is 4. The van der Waals surface area contributed by atoms with E-state index in [4.69, 9.17) is 23.8 Å². The molecular formula is C45H25N3O2S. The van der Waals surface area contributed by atoms with Crippen LogP contribution in [-0.2, 0) is 0 Å². The Morgan fingerprint density at radius 2 is 0.941 bits per heavy atom. The molecule has 0 saturated carbocycles. The van der Waals surface area contributed by atoms with Crippen LogP contribution in [0, 0.1) is 0 Å². The molecule has 4 heterocycles. The Balaban J connectivity index is 1.02. The average Bonchev–Trinajstić information content (AvgIpc) is 3.87. The van der Waals surface area contributed by atoms with E-state index in [-0.39, 0.29) is 0 Å². The Labute approximate surface area is 295 Å². The van der Waals surface area contributed by atoms with Gasteiger partial charge >= 0.3 is 0 Å². The Kier molecular flexibility index (Phi) is 6.05. The predicted octanol–water partition coefficient (Wildman–Crippen LogP) is 12.7. The van der Waals surface area contributed by atoms with E-state index >= 15 is 0 Å². The lowest BCUT2D eigenvalue weighted by Gasteiger charge is -2.10. The fourth-order valence-electron chi connectivity index (χ4n) is 7.25. The molecule has 4 aromatic heterocycles. The molecule has 6 heteroatoms. The molecule has 0 aliphatic carbocycles. The molecule has 0 saturated heterocycles. The first-order chi connectivity index (χ1) is 25.2. The number of hydrogen-bond donors (Lipinski definition) is 0. The highest BCUT2D eigenvalue weighted by molar-refractivity contribution is 7.26. The molecule has 11 rings (SSSR count). The number of hydrogen-bond acceptors (Lipinski definition) is 6. The van der Waals surface area contributed by atoms with E-state index in [1.165, 1.54) is 20.2 Å². The first kappa shape index (κ1) is 28.2. The highest BCUT2D eigenvalue weighted by Crippen LogP contribution is 2.41. The van der Waals surface area contributed by atoms with Crippen LogP contribution < -0.4 is 0 Å². The summed E-state index contributed by atoms with van der Waals surface area (Å²) < 4.78 is 14.8. The lowest BCUT2D eigenvalue weighted by atomic mass is 10.0. The van der Waals surface area contributed by atoms with Gasteiger partial charge in [-0.05, 0) is 47.5 Å². The first-order valence-corrected chi connectivity index (χ1v) is 17.7. The van der Waals surface area contributed by atoms with Gasteiger partial charge in [-0.3, -0.25) is 0 Å². The predicted molar refractivity (Wildman–Crippen MR) is 209 cm³/mol. The summed E-state index contributed by atoms with van der Waals surface area (Å²) in [6.45, 7) is 0. The van der Waals surface area contributed by atoms with Crippen LogP contribution in [0.1, 0.15) is 0 Å². The van der Waals surface area contributed by atoms with Crippen molar-refractivity contribution in [2.75, 3.05) is 0 Å². The lowest BCUT2D eigenvalue weighted by Crippen LogP contribution is -2.00. The molecule has 51 heavy (non-hydrogen) atoms. The molecule has 0 unspecified atom stereocenters. The van der Waals surface area contributed by atoms with E-state index in [0.29, 0.717) is 17.5 Å². The third kappa shape index (κ3) is 4.50. The summed E-state index contributed by atoms with van der Waals surface area (Å²) in [5, 5.41) is 6.80. The number of nitrogens with zero attached hydrogens (tertiary/aromatic N) is 3. The highest BCUT2D eigenvalue weighted by atomic mass is 32.1. The summed E-state index contributed by atoms with van der Waals surface area (Å²) in [7, 11) is 0. The minimum absolute atomic E-state index is 0.635. The van der Waals surface area contributed by atoms with Gasteiger partial charge in [-0.2, -0.15) is 0 Å². The molecule has 0 bridgehead atoms. The first-order valence-electron chi connectivity index (χ1n) is 16.8. The average molecular weight is 672 g/mol. The maximum Gasteiger partial charge on any atom is 0.165 e. The second-order valence-electron chi connectivity index (χ2n) is 12.8. The third-order valence-corrected chi connectivity index (χ3v) is 11.0. The van der Waals surface area contributed by atoms with Crippen molar-refractivity contribution in [3.63, 3.8) is 0 Å². The van der Waals surface area contributed by atoms with Gasteiger partial charge in [-0.15, -0.1) is 11.3 Å². The van der Waals surface area contributed by atoms with Crippen molar-refractivity contribution in [2.45, 2.75) is 0 Å². The van der Waals surface area contributed by atoms with Crippen molar-refractivity contribution in [3.05, 3.63) is 152 Å². The van der Waals surface area contributed by atoms with E-state index in [0.717, 1.165) is 71.7 Å². The second-order valence-corrected chi connectivity index (χ2v) is 13.8. The van der Waals surface area contributed by atoms with Crippen LogP contribution in [0.25, 0.3) is 109 Å². The molecule has 0 aliphatic heterocycles. The molecule has 0 amide bonds. The van der Waals surface area contributed by atoms with Crippen LogP contribution in [0.4, 0.5) is 0 Å². The quantitative estimate of drug-likeness (QED) is 0.186. The molecule has 11 aromatic rings. The van der Waals surface area contributed by atoms with Crippen molar-refractivity contribution in [3.8, 4) is 45.3 Å². The Bertz CT molecular complexity index is 3140. The number of thiophene rings is 1. The van der Waals surface area contributed by atoms with Gasteiger partial charge in [0.1, 0.15) is 22.3 Å². The number of aromatic nitrogens is 3. The minimum atomic E-state index is 0.635. The molecule has 0 aliphatic rings. The third-order valence-electron chi connectivity index (χ3n) is 9.76. The monoisotopic (exact) mass is 671 g/mol. The summed E-state index contributed by atoms with van der Waals surface area (Å²) in [5.41, 5.74) is 8.45. The van der Waals surface area contributed by atoms with Gasteiger partial charge in [0.2, 0.25) is 0 Å². The molecule has 0 atom stereocenters. The number of para-hydroxylation sites is 1. The number of furan rings is 2. The Morgan fingerprint density at radius 1 is 0.353 bits per heavy atom. The summed E-state index contributed by atoms with van der Waals surface area (Å²) in [5.74, 6) is 1.95. The van der Waals surface area contributed by atoms with Crippen LogP contribution in [0.3, 0.4) is 0 Å². The zero-order chi connectivity index (χ0) is 33.5. The van der Waals surface area contributed by atoms with Gasteiger partial charge in [0.25, 0.3) is 0 Å².